The summed E-state index contributed by atoms with van der Waals surface area (Å²) < 4.78 is 11.0. The first-order valence-corrected chi connectivity index (χ1v) is 11.9. The molecule has 5 heteroatoms. The van der Waals surface area contributed by atoms with Crippen molar-refractivity contribution < 1.29 is 9.47 Å². The summed E-state index contributed by atoms with van der Waals surface area (Å²) in [4.78, 5) is 11.6. The lowest BCUT2D eigenvalue weighted by molar-refractivity contribution is 0.356. The molecule has 3 rings (SSSR count). The number of anilines is 1. The molecule has 0 saturated carbocycles. The van der Waals surface area contributed by atoms with Gasteiger partial charge in [0.05, 0.1) is 19.7 Å². The van der Waals surface area contributed by atoms with E-state index in [1.54, 1.807) is 20.5 Å². The van der Waals surface area contributed by atoms with Crippen molar-refractivity contribution in [3.63, 3.8) is 0 Å². The number of unbranched alkanes of at least 4 members (excludes halogenated alkanes) is 7. The Morgan fingerprint density at radius 3 is 2.12 bits per heavy atom. The van der Waals surface area contributed by atoms with E-state index >= 15 is 0 Å². The maximum atomic E-state index is 5.55. The molecule has 0 radical (unpaired) electrons. The number of aromatic nitrogens is 2. The second-order valence-corrected chi connectivity index (χ2v) is 8.30. The van der Waals surface area contributed by atoms with Gasteiger partial charge in [-0.05, 0) is 18.1 Å². The molecule has 0 aliphatic heterocycles. The topological polar surface area (TPSA) is 47.5 Å². The van der Waals surface area contributed by atoms with Crippen LogP contribution in [-0.4, -0.2) is 30.7 Å². The van der Waals surface area contributed by atoms with Crippen LogP contribution in [0.15, 0.2) is 48.8 Å². The van der Waals surface area contributed by atoms with Gasteiger partial charge in [0.2, 0.25) is 0 Å². The Morgan fingerprint density at radius 2 is 1.44 bits per heavy atom. The Balaban J connectivity index is 1.77. The fraction of sp³-hybridized carbons (Fsp3) is 0.481. The van der Waals surface area contributed by atoms with Crippen LogP contribution in [0.3, 0.4) is 0 Å². The van der Waals surface area contributed by atoms with E-state index in [9.17, 15) is 0 Å². The average molecular weight is 436 g/mol. The zero-order valence-electron chi connectivity index (χ0n) is 19.8. The van der Waals surface area contributed by atoms with Crippen LogP contribution in [0.1, 0.15) is 63.9 Å². The second-order valence-electron chi connectivity index (χ2n) is 8.30. The smallest absolute Gasteiger partial charge is 0.162 e. The van der Waals surface area contributed by atoms with Crippen molar-refractivity contribution >= 4 is 16.7 Å². The molecule has 0 spiro atoms. The Morgan fingerprint density at radius 1 is 0.781 bits per heavy atom. The Labute approximate surface area is 192 Å². The van der Waals surface area contributed by atoms with E-state index in [0.717, 1.165) is 36.2 Å². The highest BCUT2D eigenvalue weighted by molar-refractivity contribution is 5.92. The summed E-state index contributed by atoms with van der Waals surface area (Å²) in [7, 11) is 3.31. The summed E-state index contributed by atoms with van der Waals surface area (Å²) in [5.74, 6) is 2.33. The largest absolute Gasteiger partial charge is 0.493 e. The van der Waals surface area contributed by atoms with Gasteiger partial charge in [0, 0.05) is 24.5 Å². The van der Waals surface area contributed by atoms with Gasteiger partial charge in [-0.3, -0.25) is 0 Å². The first-order valence-electron chi connectivity index (χ1n) is 11.9. The van der Waals surface area contributed by atoms with Gasteiger partial charge in [0.15, 0.2) is 11.5 Å². The predicted octanol–water partition coefficient (Wildman–Crippen LogP) is 6.79. The van der Waals surface area contributed by atoms with Crippen LogP contribution in [0, 0.1) is 0 Å². The minimum absolute atomic E-state index is 0.683. The number of fused-ring (bicyclic) bond motifs is 1. The summed E-state index contributed by atoms with van der Waals surface area (Å²) in [5.41, 5.74) is 2.14. The number of ether oxygens (including phenoxy) is 2. The third kappa shape index (κ3) is 6.59. The van der Waals surface area contributed by atoms with Crippen LogP contribution in [0.4, 0.5) is 5.82 Å². The third-order valence-corrected chi connectivity index (χ3v) is 5.92. The van der Waals surface area contributed by atoms with Crippen LogP contribution in [0.2, 0.25) is 0 Å². The summed E-state index contributed by atoms with van der Waals surface area (Å²) in [6.07, 6.45) is 12.1. The molecule has 0 fully saturated rings. The van der Waals surface area contributed by atoms with E-state index in [1.165, 1.54) is 50.5 Å². The highest BCUT2D eigenvalue weighted by Crippen LogP contribution is 2.35. The van der Waals surface area contributed by atoms with Gasteiger partial charge >= 0.3 is 0 Å². The van der Waals surface area contributed by atoms with Crippen LogP contribution in [0.25, 0.3) is 10.9 Å². The molecule has 0 N–H and O–H groups in total. The van der Waals surface area contributed by atoms with E-state index < -0.39 is 0 Å². The molecular weight excluding hydrogens is 398 g/mol. The summed E-state index contributed by atoms with van der Waals surface area (Å²) in [5, 5.41) is 0.987. The molecule has 0 aliphatic rings. The fourth-order valence-electron chi connectivity index (χ4n) is 4.12. The van der Waals surface area contributed by atoms with Crippen molar-refractivity contribution in [3.8, 4) is 11.5 Å². The lowest BCUT2D eigenvalue weighted by Gasteiger charge is -2.25. The maximum absolute atomic E-state index is 5.55. The molecule has 0 atom stereocenters. The van der Waals surface area contributed by atoms with E-state index in [0.29, 0.717) is 11.5 Å². The van der Waals surface area contributed by atoms with Crippen LogP contribution in [-0.2, 0) is 6.54 Å². The van der Waals surface area contributed by atoms with Crippen molar-refractivity contribution in [1.82, 2.24) is 9.97 Å². The fourth-order valence-corrected chi connectivity index (χ4v) is 4.12. The van der Waals surface area contributed by atoms with Crippen molar-refractivity contribution in [3.05, 3.63) is 54.4 Å². The Bertz CT molecular complexity index is 946. The summed E-state index contributed by atoms with van der Waals surface area (Å²) >= 11 is 0. The number of hydrogen-bond acceptors (Lipinski definition) is 5. The number of methoxy groups -OCH3 is 2. The molecule has 0 saturated heterocycles. The lowest BCUT2D eigenvalue weighted by atomic mass is 10.1. The van der Waals surface area contributed by atoms with E-state index in [1.807, 2.05) is 12.1 Å². The molecule has 0 amide bonds. The number of rotatable bonds is 14. The van der Waals surface area contributed by atoms with Crippen molar-refractivity contribution in [2.45, 2.75) is 64.8 Å². The molecule has 1 heterocycles. The summed E-state index contributed by atoms with van der Waals surface area (Å²) in [6.45, 7) is 4.05. The van der Waals surface area contributed by atoms with Crippen molar-refractivity contribution in [2.75, 3.05) is 25.7 Å². The lowest BCUT2D eigenvalue weighted by Crippen LogP contribution is -2.25. The zero-order valence-corrected chi connectivity index (χ0v) is 19.8. The summed E-state index contributed by atoms with van der Waals surface area (Å²) in [6, 6.07) is 14.5. The van der Waals surface area contributed by atoms with Gasteiger partial charge in [-0.1, -0.05) is 82.2 Å². The number of hydrogen-bond donors (Lipinski definition) is 0. The third-order valence-electron chi connectivity index (χ3n) is 5.92. The maximum Gasteiger partial charge on any atom is 0.162 e. The van der Waals surface area contributed by atoms with Crippen LogP contribution < -0.4 is 14.4 Å². The van der Waals surface area contributed by atoms with Gasteiger partial charge in [0.1, 0.15) is 12.1 Å². The van der Waals surface area contributed by atoms with Gasteiger partial charge in [-0.15, -0.1) is 0 Å². The Kier molecular flexibility index (Phi) is 9.60. The monoisotopic (exact) mass is 435 g/mol. The average Bonchev–Trinajstić information content (AvgIpc) is 2.84. The normalized spacial score (nSPS) is 11.0. The van der Waals surface area contributed by atoms with Gasteiger partial charge in [0.25, 0.3) is 0 Å². The molecule has 5 nitrogen and oxygen atoms in total. The molecule has 172 valence electrons. The zero-order chi connectivity index (χ0) is 22.6. The SMILES string of the molecule is CCCCCCCCCCN(Cc1ccccc1)c1ncnc2cc(OC)c(OC)cc12. The molecular formula is C27H37N3O2. The number of benzene rings is 2. The molecule has 0 aliphatic carbocycles. The molecule has 3 aromatic rings. The Hall–Kier alpha value is -2.82. The van der Waals surface area contributed by atoms with E-state index in [-0.39, 0.29) is 0 Å². The van der Waals surface area contributed by atoms with Gasteiger partial charge in [-0.25, -0.2) is 9.97 Å². The number of nitrogens with zero attached hydrogens (tertiary/aromatic N) is 3. The molecule has 1 aromatic heterocycles. The molecule has 0 unspecified atom stereocenters. The highest BCUT2D eigenvalue weighted by Gasteiger charge is 2.16. The van der Waals surface area contributed by atoms with Crippen molar-refractivity contribution in [1.29, 1.82) is 0 Å². The standard InChI is InChI=1S/C27H37N3O2/c1-4-5-6-7-8-9-10-14-17-30(20-22-15-12-11-13-16-22)27-23-18-25(31-2)26(32-3)19-24(23)28-21-29-27/h11-13,15-16,18-19,21H,4-10,14,17,20H2,1-3H3. The van der Waals surface area contributed by atoms with Gasteiger partial charge in [-0.2, -0.15) is 0 Å². The first-order chi connectivity index (χ1) is 15.8. The minimum Gasteiger partial charge on any atom is -0.493 e. The molecule has 0 bridgehead atoms. The van der Waals surface area contributed by atoms with Gasteiger partial charge < -0.3 is 14.4 Å². The molecule has 2 aromatic carbocycles. The second kappa shape index (κ2) is 12.9. The minimum atomic E-state index is 0.683. The molecule has 32 heavy (non-hydrogen) atoms. The van der Waals surface area contributed by atoms with E-state index in [2.05, 4.69) is 47.1 Å². The highest BCUT2D eigenvalue weighted by atomic mass is 16.5. The quantitative estimate of drug-likeness (QED) is 0.261. The van der Waals surface area contributed by atoms with Crippen molar-refractivity contribution in [2.24, 2.45) is 0 Å². The predicted molar refractivity (Wildman–Crippen MR) is 133 cm³/mol. The van der Waals surface area contributed by atoms with Crippen LogP contribution in [0.5, 0.6) is 11.5 Å². The van der Waals surface area contributed by atoms with E-state index in [4.69, 9.17) is 14.5 Å². The first kappa shape index (κ1) is 23.8. The van der Waals surface area contributed by atoms with Crippen LogP contribution >= 0.6 is 0 Å².